The van der Waals surface area contributed by atoms with Crippen LogP contribution in [0.2, 0.25) is 0 Å². The SMILES string of the molecule is [Cu].c1ccc2ccccc2c1. The van der Waals surface area contributed by atoms with Gasteiger partial charge in [0, 0.05) is 17.1 Å². The van der Waals surface area contributed by atoms with Crippen molar-refractivity contribution in [2.45, 2.75) is 0 Å². The van der Waals surface area contributed by atoms with E-state index in [4.69, 9.17) is 0 Å². The van der Waals surface area contributed by atoms with E-state index in [0.717, 1.165) is 0 Å². The Kier molecular flexibility index (Phi) is 2.69. The molecule has 0 amide bonds. The van der Waals surface area contributed by atoms with Crippen molar-refractivity contribution >= 4 is 10.8 Å². The van der Waals surface area contributed by atoms with E-state index in [1.807, 2.05) is 0 Å². The molecule has 0 nitrogen and oxygen atoms in total. The number of fused-ring (bicyclic) bond motifs is 1. The topological polar surface area (TPSA) is 0 Å². The van der Waals surface area contributed by atoms with Crippen LogP contribution in [-0.2, 0) is 17.1 Å². The van der Waals surface area contributed by atoms with Crippen LogP contribution in [0.5, 0.6) is 0 Å². The maximum Gasteiger partial charge on any atom is 0 e. The molecule has 0 fully saturated rings. The zero-order valence-electron chi connectivity index (χ0n) is 5.92. The van der Waals surface area contributed by atoms with Crippen molar-refractivity contribution < 1.29 is 17.1 Å². The molecule has 0 spiro atoms. The maximum absolute atomic E-state index is 2.12. The minimum atomic E-state index is 0. The molecule has 0 heterocycles. The molecule has 0 saturated carbocycles. The summed E-state index contributed by atoms with van der Waals surface area (Å²) in [5.41, 5.74) is 0. The van der Waals surface area contributed by atoms with Crippen molar-refractivity contribution in [2.75, 3.05) is 0 Å². The molecule has 2 aromatic carbocycles. The third kappa shape index (κ3) is 1.62. The molecule has 0 aromatic heterocycles. The Bertz CT molecular complexity index is 276. The monoisotopic (exact) mass is 191 g/mol. The zero-order chi connectivity index (χ0) is 6.81. The van der Waals surface area contributed by atoms with Gasteiger partial charge in [-0.1, -0.05) is 48.5 Å². The Balaban J connectivity index is 0.000000605. The van der Waals surface area contributed by atoms with Gasteiger partial charge >= 0.3 is 0 Å². The Morgan fingerprint density at radius 3 is 1.09 bits per heavy atom. The first-order valence-corrected chi connectivity index (χ1v) is 3.40. The van der Waals surface area contributed by atoms with Gasteiger partial charge in [-0.25, -0.2) is 0 Å². The number of hydrogen-bond acceptors (Lipinski definition) is 0. The molecule has 11 heavy (non-hydrogen) atoms. The fraction of sp³-hybridized carbons (Fsp3) is 0. The van der Waals surface area contributed by atoms with Crippen LogP contribution in [0.25, 0.3) is 10.8 Å². The van der Waals surface area contributed by atoms with E-state index in [1.165, 1.54) is 10.8 Å². The van der Waals surface area contributed by atoms with Gasteiger partial charge in [0.25, 0.3) is 0 Å². The summed E-state index contributed by atoms with van der Waals surface area (Å²) in [5.74, 6) is 0. The fourth-order valence-corrected chi connectivity index (χ4v) is 1.13. The van der Waals surface area contributed by atoms with Crippen molar-refractivity contribution in [2.24, 2.45) is 0 Å². The van der Waals surface area contributed by atoms with Crippen molar-refractivity contribution in [3.63, 3.8) is 0 Å². The van der Waals surface area contributed by atoms with Gasteiger partial charge in [0.05, 0.1) is 0 Å². The second-order valence-corrected chi connectivity index (χ2v) is 2.35. The summed E-state index contributed by atoms with van der Waals surface area (Å²) in [6.07, 6.45) is 0. The normalized spacial score (nSPS) is 9.09. The predicted molar refractivity (Wildman–Crippen MR) is 43.9 cm³/mol. The van der Waals surface area contributed by atoms with Crippen molar-refractivity contribution in [3.05, 3.63) is 48.5 Å². The molecule has 0 aliphatic heterocycles. The van der Waals surface area contributed by atoms with E-state index in [1.54, 1.807) is 0 Å². The van der Waals surface area contributed by atoms with Crippen LogP contribution in [0.4, 0.5) is 0 Å². The molecule has 2 aromatic rings. The molecular weight excluding hydrogens is 184 g/mol. The zero-order valence-corrected chi connectivity index (χ0v) is 6.86. The first kappa shape index (κ1) is 8.32. The van der Waals surface area contributed by atoms with Crippen LogP contribution in [0.15, 0.2) is 48.5 Å². The molecule has 0 saturated heterocycles. The molecule has 59 valence electrons. The standard InChI is InChI=1S/C10H8.Cu/c1-2-6-10-8-4-3-7-9(10)5-1;/h1-8H;. The maximum atomic E-state index is 2.12. The average Bonchev–Trinajstić information content (AvgIpc) is 2.05. The first-order chi connectivity index (χ1) is 4.97. The Morgan fingerprint density at radius 2 is 0.818 bits per heavy atom. The van der Waals surface area contributed by atoms with Crippen LogP contribution in [0, 0.1) is 0 Å². The first-order valence-electron chi connectivity index (χ1n) is 3.40. The Labute approximate surface area is 76.7 Å². The minimum Gasteiger partial charge on any atom is -0.0616 e. The van der Waals surface area contributed by atoms with Crippen LogP contribution in [0.3, 0.4) is 0 Å². The molecule has 0 atom stereocenters. The quantitative estimate of drug-likeness (QED) is 0.562. The van der Waals surface area contributed by atoms with Gasteiger partial charge in [-0.05, 0) is 10.8 Å². The number of hydrogen-bond donors (Lipinski definition) is 0. The van der Waals surface area contributed by atoms with Gasteiger partial charge in [-0.15, -0.1) is 0 Å². The van der Waals surface area contributed by atoms with E-state index >= 15 is 0 Å². The Morgan fingerprint density at radius 1 is 0.545 bits per heavy atom. The van der Waals surface area contributed by atoms with Gasteiger partial charge in [0.2, 0.25) is 0 Å². The van der Waals surface area contributed by atoms with Crippen LogP contribution < -0.4 is 0 Å². The van der Waals surface area contributed by atoms with E-state index in [0.29, 0.717) is 0 Å². The van der Waals surface area contributed by atoms with Crippen molar-refractivity contribution in [3.8, 4) is 0 Å². The molecule has 0 N–H and O–H groups in total. The van der Waals surface area contributed by atoms with E-state index in [-0.39, 0.29) is 17.1 Å². The second-order valence-electron chi connectivity index (χ2n) is 2.35. The van der Waals surface area contributed by atoms with Gasteiger partial charge in [0.1, 0.15) is 0 Å². The Hall–Kier alpha value is -0.781. The molecule has 1 radical (unpaired) electrons. The van der Waals surface area contributed by atoms with Crippen molar-refractivity contribution in [1.29, 1.82) is 0 Å². The molecule has 0 aliphatic carbocycles. The third-order valence-electron chi connectivity index (χ3n) is 1.66. The number of rotatable bonds is 0. The van der Waals surface area contributed by atoms with Crippen LogP contribution in [0.1, 0.15) is 0 Å². The van der Waals surface area contributed by atoms with Gasteiger partial charge < -0.3 is 0 Å². The summed E-state index contributed by atoms with van der Waals surface area (Å²) in [6.45, 7) is 0. The van der Waals surface area contributed by atoms with Crippen molar-refractivity contribution in [1.82, 2.24) is 0 Å². The second kappa shape index (κ2) is 3.56. The summed E-state index contributed by atoms with van der Waals surface area (Å²) in [4.78, 5) is 0. The third-order valence-corrected chi connectivity index (χ3v) is 1.66. The van der Waals surface area contributed by atoms with Crippen LogP contribution >= 0.6 is 0 Å². The molecule has 0 aliphatic rings. The largest absolute Gasteiger partial charge is 0.0616 e. The molecule has 1 heteroatoms. The van der Waals surface area contributed by atoms with E-state index in [9.17, 15) is 0 Å². The smallest absolute Gasteiger partial charge is 0 e. The van der Waals surface area contributed by atoms with Gasteiger partial charge in [-0.2, -0.15) is 0 Å². The summed E-state index contributed by atoms with van der Waals surface area (Å²) in [7, 11) is 0. The number of benzene rings is 2. The minimum absolute atomic E-state index is 0. The molecule has 0 unspecified atom stereocenters. The molecule has 2 rings (SSSR count). The molecule has 0 bridgehead atoms. The van der Waals surface area contributed by atoms with Gasteiger partial charge in [-0.3, -0.25) is 0 Å². The fourth-order valence-electron chi connectivity index (χ4n) is 1.13. The van der Waals surface area contributed by atoms with E-state index in [2.05, 4.69) is 48.5 Å². The summed E-state index contributed by atoms with van der Waals surface area (Å²) in [6, 6.07) is 16.7. The van der Waals surface area contributed by atoms with E-state index < -0.39 is 0 Å². The summed E-state index contributed by atoms with van der Waals surface area (Å²) < 4.78 is 0. The average molecular weight is 192 g/mol. The summed E-state index contributed by atoms with van der Waals surface area (Å²) >= 11 is 0. The predicted octanol–water partition coefficient (Wildman–Crippen LogP) is 2.84. The summed E-state index contributed by atoms with van der Waals surface area (Å²) in [5, 5.41) is 2.62. The van der Waals surface area contributed by atoms with Crippen LogP contribution in [-0.4, -0.2) is 0 Å². The molecular formula is C10H8Cu. The van der Waals surface area contributed by atoms with Gasteiger partial charge in [0.15, 0.2) is 0 Å².